The zero-order valence-electron chi connectivity index (χ0n) is 19.0. The average molecular weight is 459 g/mol. The quantitative estimate of drug-likeness (QED) is 0.449. The maximum absolute atomic E-state index is 13.9. The van der Waals surface area contributed by atoms with Crippen molar-refractivity contribution in [3.8, 4) is 11.3 Å². The Balaban J connectivity index is 1.32. The molecule has 2 aliphatic heterocycles. The SMILES string of the molecule is Fc1cccc(C2CCCCN2c2ccc3ncc(-c4ccc(N5CCOCC5)nc4)n3n2)c1. The van der Waals surface area contributed by atoms with Crippen LogP contribution in [0.5, 0.6) is 0 Å². The minimum atomic E-state index is -0.198. The number of fused-ring (bicyclic) bond motifs is 1. The van der Waals surface area contributed by atoms with Gasteiger partial charge in [0.05, 0.1) is 31.1 Å². The van der Waals surface area contributed by atoms with Crippen molar-refractivity contribution in [1.82, 2.24) is 19.6 Å². The van der Waals surface area contributed by atoms with Crippen LogP contribution < -0.4 is 9.80 Å². The summed E-state index contributed by atoms with van der Waals surface area (Å²) >= 11 is 0. The van der Waals surface area contributed by atoms with Crippen molar-refractivity contribution in [2.75, 3.05) is 42.6 Å². The lowest BCUT2D eigenvalue weighted by atomic mass is 9.95. The van der Waals surface area contributed by atoms with Crippen LogP contribution in [0.1, 0.15) is 30.9 Å². The van der Waals surface area contributed by atoms with Gasteiger partial charge in [-0.25, -0.2) is 18.9 Å². The van der Waals surface area contributed by atoms with E-state index in [0.717, 1.165) is 86.2 Å². The fourth-order valence-corrected chi connectivity index (χ4v) is 5.00. The van der Waals surface area contributed by atoms with Crippen LogP contribution in [0.3, 0.4) is 0 Å². The Morgan fingerprint density at radius 2 is 1.76 bits per heavy atom. The molecule has 0 amide bonds. The van der Waals surface area contributed by atoms with Crippen molar-refractivity contribution in [2.45, 2.75) is 25.3 Å². The second-order valence-corrected chi connectivity index (χ2v) is 8.87. The number of hydrogen-bond donors (Lipinski definition) is 0. The maximum Gasteiger partial charge on any atom is 0.154 e. The van der Waals surface area contributed by atoms with Gasteiger partial charge in [0, 0.05) is 31.4 Å². The van der Waals surface area contributed by atoms with E-state index in [-0.39, 0.29) is 11.9 Å². The molecular formula is C26H27FN6O. The topological polar surface area (TPSA) is 58.8 Å². The molecule has 6 rings (SSSR count). The van der Waals surface area contributed by atoms with Gasteiger partial charge in [0.1, 0.15) is 17.5 Å². The number of anilines is 2. The predicted octanol–water partition coefficient (Wildman–Crippen LogP) is 4.50. The zero-order valence-corrected chi connectivity index (χ0v) is 19.0. The first kappa shape index (κ1) is 21.0. The van der Waals surface area contributed by atoms with E-state index in [1.807, 2.05) is 35.1 Å². The van der Waals surface area contributed by atoms with Gasteiger partial charge in [0.15, 0.2) is 5.65 Å². The van der Waals surface area contributed by atoms with Crippen molar-refractivity contribution in [1.29, 1.82) is 0 Å². The molecule has 7 nitrogen and oxygen atoms in total. The van der Waals surface area contributed by atoms with Crippen LogP contribution in [0.25, 0.3) is 16.9 Å². The number of imidazole rings is 1. The molecule has 174 valence electrons. The Kier molecular flexibility index (Phi) is 5.58. The van der Waals surface area contributed by atoms with Crippen molar-refractivity contribution < 1.29 is 9.13 Å². The third-order valence-electron chi connectivity index (χ3n) is 6.76. The monoisotopic (exact) mass is 458 g/mol. The summed E-state index contributed by atoms with van der Waals surface area (Å²) in [6.45, 7) is 4.07. The summed E-state index contributed by atoms with van der Waals surface area (Å²) in [5.74, 6) is 1.63. The second kappa shape index (κ2) is 9.02. The van der Waals surface area contributed by atoms with Crippen LogP contribution in [0.4, 0.5) is 16.0 Å². The molecule has 2 saturated heterocycles. The minimum absolute atomic E-state index is 0.107. The van der Waals surface area contributed by atoms with E-state index in [4.69, 9.17) is 14.8 Å². The lowest BCUT2D eigenvalue weighted by Gasteiger charge is -2.37. The number of rotatable bonds is 4. The molecule has 1 unspecified atom stereocenters. The molecule has 0 N–H and O–H groups in total. The summed E-state index contributed by atoms with van der Waals surface area (Å²) in [4.78, 5) is 13.8. The van der Waals surface area contributed by atoms with Crippen LogP contribution in [0.2, 0.25) is 0 Å². The molecule has 0 saturated carbocycles. The molecule has 8 heteroatoms. The number of piperidine rings is 1. The predicted molar refractivity (Wildman–Crippen MR) is 130 cm³/mol. The van der Waals surface area contributed by atoms with E-state index in [1.54, 1.807) is 12.1 Å². The van der Waals surface area contributed by atoms with E-state index < -0.39 is 0 Å². The zero-order chi connectivity index (χ0) is 22.9. The summed E-state index contributed by atoms with van der Waals surface area (Å²) in [5.41, 5.74) is 3.65. The van der Waals surface area contributed by atoms with Gasteiger partial charge in [-0.05, 0) is 61.2 Å². The number of ether oxygens (including phenoxy) is 1. The highest BCUT2D eigenvalue weighted by atomic mass is 19.1. The van der Waals surface area contributed by atoms with Gasteiger partial charge in [-0.3, -0.25) is 0 Å². The van der Waals surface area contributed by atoms with Crippen LogP contribution in [0, 0.1) is 5.82 Å². The maximum atomic E-state index is 13.9. The molecular weight excluding hydrogens is 431 g/mol. The Morgan fingerprint density at radius 3 is 2.59 bits per heavy atom. The number of morpholine rings is 1. The largest absolute Gasteiger partial charge is 0.378 e. The molecule has 2 fully saturated rings. The molecule has 2 aliphatic rings. The Hall–Kier alpha value is -3.52. The van der Waals surface area contributed by atoms with Gasteiger partial charge in [0.25, 0.3) is 0 Å². The third kappa shape index (κ3) is 3.98. The van der Waals surface area contributed by atoms with E-state index in [9.17, 15) is 4.39 Å². The summed E-state index contributed by atoms with van der Waals surface area (Å²) in [6.07, 6.45) is 6.93. The first-order valence-electron chi connectivity index (χ1n) is 11.9. The van der Waals surface area contributed by atoms with Crippen molar-refractivity contribution in [3.63, 3.8) is 0 Å². The van der Waals surface area contributed by atoms with E-state index in [0.29, 0.717) is 0 Å². The van der Waals surface area contributed by atoms with Gasteiger partial charge >= 0.3 is 0 Å². The summed E-state index contributed by atoms with van der Waals surface area (Å²) in [7, 11) is 0. The molecule has 0 aliphatic carbocycles. The smallest absolute Gasteiger partial charge is 0.154 e. The highest BCUT2D eigenvalue weighted by molar-refractivity contribution is 5.64. The van der Waals surface area contributed by atoms with Gasteiger partial charge in [-0.2, -0.15) is 0 Å². The Bertz CT molecular complexity index is 1280. The highest BCUT2D eigenvalue weighted by Crippen LogP contribution is 2.35. The minimum Gasteiger partial charge on any atom is -0.378 e. The van der Waals surface area contributed by atoms with Crippen molar-refractivity contribution in [2.24, 2.45) is 0 Å². The summed E-state index contributed by atoms with van der Waals surface area (Å²) in [5, 5.41) is 4.98. The van der Waals surface area contributed by atoms with Gasteiger partial charge in [-0.15, -0.1) is 5.10 Å². The molecule has 5 heterocycles. The average Bonchev–Trinajstić information content (AvgIpc) is 3.33. The number of halogens is 1. The number of pyridine rings is 1. The highest BCUT2D eigenvalue weighted by Gasteiger charge is 2.26. The van der Waals surface area contributed by atoms with Crippen molar-refractivity contribution >= 4 is 17.3 Å². The normalized spacial score (nSPS) is 19.0. The molecule has 1 atom stereocenters. The van der Waals surface area contributed by atoms with Gasteiger partial charge in [-0.1, -0.05) is 12.1 Å². The first-order chi connectivity index (χ1) is 16.8. The van der Waals surface area contributed by atoms with Crippen LogP contribution >= 0.6 is 0 Å². The molecule has 3 aromatic heterocycles. The molecule has 4 aromatic rings. The van der Waals surface area contributed by atoms with Crippen molar-refractivity contribution in [3.05, 3.63) is 72.3 Å². The second-order valence-electron chi connectivity index (χ2n) is 8.87. The fourth-order valence-electron chi connectivity index (χ4n) is 5.00. The van der Waals surface area contributed by atoms with Crippen LogP contribution in [0.15, 0.2) is 60.9 Å². The molecule has 0 radical (unpaired) electrons. The third-order valence-corrected chi connectivity index (χ3v) is 6.76. The molecule has 34 heavy (non-hydrogen) atoms. The number of hydrogen-bond acceptors (Lipinski definition) is 6. The van der Waals surface area contributed by atoms with E-state index >= 15 is 0 Å². The van der Waals surface area contributed by atoms with Gasteiger partial charge in [0.2, 0.25) is 0 Å². The Labute approximate surface area is 197 Å². The van der Waals surface area contributed by atoms with Crippen LogP contribution in [-0.2, 0) is 4.74 Å². The molecule has 1 aromatic carbocycles. The summed E-state index contributed by atoms with van der Waals surface area (Å²) in [6, 6.07) is 15.2. The molecule has 0 spiro atoms. The summed E-state index contributed by atoms with van der Waals surface area (Å²) < 4.78 is 21.3. The molecule has 0 bridgehead atoms. The lowest BCUT2D eigenvalue weighted by molar-refractivity contribution is 0.122. The standard InChI is InChI=1S/C26H27FN6O/c27-21-5-3-4-19(16-21)22-6-1-2-11-32(22)26-10-9-25-29-18-23(33(25)30-26)20-7-8-24(28-17-20)31-12-14-34-15-13-31/h3-5,7-10,16-18,22H,1-2,6,11-15H2. The first-order valence-corrected chi connectivity index (χ1v) is 11.9. The number of aromatic nitrogens is 4. The Morgan fingerprint density at radius 1 is 0.882 bits per heavy atom. The lowest BCUT2D eigenvalue weighted by Crippen LogP contribution is -2.36. The van der Waals surface area contributed by atoms with Crippen LogP contribution in [-0.4, -0.2) is 52.4 Å². The van der Waals surface area contributed by atoms with Gasteiger partial charge < -0.3 is 14.5 Å². The number of benzene rings is 1. The van der Waals surface area contributed by atoms with E-state index in [2.05, 4.69) is 26.9 Å². The fraction of sp³-hybridized carbons (Fsp3) is 0.346. The van der Waals surface area contributed by atoms with E-state index in [1.165, 1.54) is 6.07 Å². The number of nitrogens with zero attached hydrogens (tertiary/aromatic N) is 6.